The quantitative estimate of drug-likeness (QED) is 0.495. The van der Waals surface area contributed by atoms with Gasteiger partial charge in [0.1, 0.15) is 0 Å². The van der Waals surface area contributed by atoms with Crippen LogP contribution in [0.4, 0.5) is 11.6 Å². The van der Waals surface area contributed by atoms with Crippen molar-refractivity contribution in [3.63, 3.8) is 0 Å². The molecule has 3 aromatic rings. The molecular formula is C14H15N7O. The molecule has 0 atom stereocenters. The van der Waals surface area contributed by atoms with E-state index in [4.69, 9.17) is 0 Å². The maximum absolute atomic E-state index is 11.5. The van der Waals surface area contributed by atoms with Crippen LogP contribution in [0.3, 0.4) is 0 Å². The van der Waals surface area contributed by atoms with Gasteiger partial charge in [-0.25, -0.2) is 10.4 Å². The molecule has 0 aliphatic rings. The van der Waals surface area contributed by atoms with Gasteiger partial charge in [0.15, 0.2) is 11.2 Å². The summed E-state index contributed by atoms with van der Waals surface area (Å²) in [6, 6.07) is 7.94. The van der Waals surface area contributed by atoms with Crippen molar-refractivity contribution in [1.29, 1.82) is 0 Å². The van der Waals surface area contributed by atoms with Crippen molar-refractivity contribution in [2.75, 3.05) is 24.4 Å². The van der Waals surface area contributed by atoms with Crippen LogP contribution in [0.2, 0.25) is 0 Å². The van der Waals surface area contributed by atoms with Gasteiger partial charge in [-0.2, -0.15) is 10.1 Å². The van der Waals surface area contributed by atoms with Gasteiger partial charge in [-0.15, -0.1) is 0 Å². The molecule has 0 bridgehead atoms. The lowest BCUT2D eigenvalue weighted by atomic mass is 10.2. The number of aromatic amines is 2. The van der Waals surface area contributed by atoms with Crippen LogP contribution < -0.4 is 15.9 Å². The summed E-state index contributed by atoms with van der Waals surface area (Å²) < 4.78 is 0. The highest BCUT2D eigenvalue weighted by atomic mass is 16.1. The highest BCUT2D eigenvalue weighted by molar-refractivity contribution is 5.81. The zero-order chi connectivity index (χ0) is 15.5. The van der Waals surface area contributed by atoms with Crippen LogP contribution in [0, 0.1) is 0 Å². The minimum Gasteiger partial charge on any atom is -0.378 e. The standard InChI is InChI=1S/C14H15N7O/c1-21(2)10-5-3-9(4-6-10)7-17-20-14-18-11-12(19-14)15-8-16-13(11)22/h3-8H,1-2H3,(H3,15,16,18,19,20,22). The van der Waals surface area contributed by atoms with Gasteiger partial charge in [0.25, 0.3) is 5.56 Å². The van der Waals surface area contributed by atoms with Crippen molar-refractivity contribution in [3.05, 3.63) is 46.5 Å². The highest BCUT2D eigenvalue weighted by Crippen LogP contribution is 2.11. The van der Waals surface area contributed by atoms with Crippen LogP contribution in [0.15, 0.2) is 40.5 Å². The third kappa shape index (κ3) is 2.80. The third-order valence-corrected chi connectivity index (χ3v) is 3.09. The molecule has 2 aromatic heterocycles. The Morgan fingerprint density at radius 3 is 2.73 bits per heavy atom. The van der Waals surface area contributed by atoms with Gasteiger partial charge in [0.05, 0.1) is 12.5 Å². The highest BCUT2D eigenvalue weighted by Gasteiger charge is 2.05. The molecule has 0 aliphatic carbocycles. The molecule has 3 N–H and O–H groups in total. The predicted molar refractivity (Wildman–Crippen MR) is 86.5 cm³/mol. The molecule has 0 spiro atoms. The number of benzene rings is 1. The molecule has 2 heterocycles. The Bertz CT molecular complexity index is 861. The normalized spacial score (nSPS) is 11.2. The number of nitrogens with one attached hydrogen (secondary N) is 3. The van der Waals surface area contributed by atoms with Crippen LogP contribution in [-0.4, -0.2) is 40.2 Å². The smallest absolute Gasteiger partial charge is 0.276 e. The Balaban J connectivity index is 1.73. The first-order chi connectivity index (χ1) is 10.6. The van der Waals surface area contributed by atoms with Crippen LogP contribution >= 0.6 is 0 Å². The van der Waals surface area contributed by atoms with E-state index in [1.807, 2.05) is 43.3 Å². The fourth-order valence-corrected chi connectivity index (χ4v) is 1.92. The number of rotatable bonds is 4. The van der Waals surface area contributed by atoms with Crippen LogP contribution in [0.25, 0.3) is 11.2 Å². The SMILES string of the molecule is CN(C)c1ccc(C=NNc2nc3nc[nH]c(=O)c3[nH]2)cc1. The Kier molecular flexibility index (Phi) is 3.57. The van der Waals surface area contributed by atoms with E-state index in [1.54, 1.807) is 6.21 Å². The zero-order valence-electron chi connectivity index (χ0n) is 12.2. The summed E-state index contributed by atoms with van der Waals surface area (Å²) >= 11 is 0. The number of hydrogen-bond donors (Lipinski definition) is 3. The second kappa shape index (κ2) is 5.68. The summed E-state index contributed by atoms with van der Waals surface area (Å²) in [5.41, 5.74) is 5.20. The molecule has 0 unspecified atom stereocenters. The second-order valence-electron chi connectivity index (χ2n) is 4.87. The fourth-order valence-electron chi connectivity index (χ4n) is 1.92. The van der Waals surface area contributed by atoms with Gasteiger partial charge in [-0.1, -0.05) is 12.1 Å². The van der Waals surface area contributed by atoms with E-state index in [1.165, 1.54) is 6.33 Å². The number of imidazole rings is 1. The molecule has 0 saturated carbocycles. The van der Waals surface area contributed by atoms with E-state index in [9.17, 15) is 4.79 Å². The number of hydrazone groups is 1. The van der Waals surface area contributed by atoms with Crippen LogP contribution in [0.5, 0.6) is 0 Å². The van der Waals surface area contributed by atoms with Gasteiger partial charge in [-0.05, 0) is 17.7 Å². The van der Waals surface area contributed by atoms with Crippen molar-refractivity contribution in [1.82, 2.24) is 19.9 Å². The van der Waals surface area contributed by atoms with Crippen molar-refractivity contribution >= 4 is 29.0 Å². The average Bonchev–Trinajstić information content (AvgIpc) is 2.92. The van der Waals surface area contributed by atoms with Gasteiger partial charge >= 0.3 is 0 Å². The van der Waals surface area contributed by atoms with E-state index >= 15 is 0 Å². The Morgan fingerprint density at radius 1 is 1.27 bits per heavy atom. The number of H-pyrrole nitrogens is 2. The van der Waals surface area contributed by atoms with Crippen LogP contribution in [-0.2, 0) is 0 Å². The van der Waals surface area contributed by atoms with Gasteiger partial charge in [-0.3, -0.25) is 4.79 Å². The Morgan fingerprint density at radius 2 is 2.05 bits per heavy atom. The molecule has 8 nitrogen and oxygen atoms in total. The van der Waals surface area contributed by atoms with Gasteiger partial charge < -0.3 is 14.9 Å². The summed E-state index contributed by atoms with van der Waals surface area (Å²) in [7, 11) is 3.98. The molecule has 112 valence electrons. The topological polar surface area (TPSA) is 102 Å². The molecular weight excluding hydrogens is 282 g/mol. The second-order valence-corrected chi connectivity index (χ2v) is 4.87. The predicted octanol–water partition coefficient (Wildman–Crippen LogP) is 1.16. The lowest BCUT2D eigenvalue weighted by molar-refractivity contribution is 1.13. The van der Waals surface area contributed by atoms with E-state index in [0.29, 0.717) is 17.1 Å². The first-order valence-electron chi connectivity index (χ1n) is 6.63. The van der Waals surface area contributed by atoms with E-state index in [2.05, 4.69) is 30.5 Å². The summed E-state index contributed by atoms with van der Waals surface area (Å²) in [6.45, 7) is 0. The molecule has 1 aromatic carbocycles. The average molecular weight is 297 g/mol. The summed E-state index contributed by atoms with van der Waals surface area (Å²) in [5.74, 6) is 0.361. The van der Waals surface area contributed by atoms with E-state index < -0.39 is 0 Å². The molecule has 0 aliphatic heterocycles. The lowest BCUT2D eigenvalue weighted by Gasteiger charge is -2.11. The third-order valence-electron chi connectivity index (χ3n) is 3.09. The maximum atomic E-state index is 11.5. The summed E-state index contributed by atoms with van der Waals surface area (Å²) in [5, 5.41) is 4.09. The first-order valence-corrected chi connectivity index (χ1v) is 6.63. The van der Waals surface area contributed by atoms with E-state index in [-0.39, 0.29) is 5.56 Å². The number of nitrogens with zero attached hydrogens (tertiary/aromatic N) is 4. The lowest BCUT2D eigenvalue weighted by Crippen LogP contribution is -2.08. The monoisotopic (exact) mass is 297 g/mol. The van der Waals surface area contributed by atoms with Crippen molar-refractivity contribution in [2.24, 2.45) is 5.10 Å². The molecule has 22 heavy (non-hydrogen) atoms. The van der Waals surface area contributed by atoms with Gasteiger partial charge in [0.2, 0.25) is 5.95 Å². The van der Waals surface area contributed by atoms with E-state index in [0.717, 1.165) is 11.3 Å². The minimum atomic E-state index is -0.270. The van der Waals surface area contributed by atoms with Crippen molar-refractivity contribution in [2.45, 2.75) is 0 Å². The molecule has 3 rings (SSSR count). The zero-order valence-corrected chi connectivity index (χ0v) is 12.2. The van der Waals surface area contributed by atoms with Gasteiger partial charge in [0, 0.05) is 19.8 Å². The first kappa shape index (κ1) is 13.8. The Labute approximate surface area is 125 Å². The summed E-state index contributed by atoms with van der Waals surface area (Å²) in [6.07, 6.45) is 2.98. The molecule has 0 amide bonds. The number of anilines is 2. The van der Waals surface area contributed by atoms with Crippen molar-refractivity contribution < 1.29 is 0 Å². The van der Waals surface area contributed by atoms with Crippen molar-refractivity contribution in [3.8, 4) is 0 Å². The summed E-state index contributed by atoms with van der Waals surface area (Å²) in [4.78, 5) is 26.9. The van der Waals surface area contributed by atoms with Crippen LogP contribution in [0.1, 0.15) is 5.56 Å². The fraction of sp³-hybridized carbons (Fsp3) is 0.143. The largest absolute Gasteiger partial charge is 0.378 e. The molecule has 0 fully saturated rings. The molecule has 0 radical (unpaired) electrons. The molecule has 8 heteroatoms. The maximum Gasteiger partial charge on any atom is 0.276 e. The number of aromatic nitrogens is 4. The number of fused-ring (bicyclic) bond motifs is 1. The molecule has 0 saturated heterocycles. The minimum absolute atomic E-state index is 0.270. The number of hydrogen-bond acceptors (Lipinski definition) is 6. The Hall–Kier alpha value is -3.16.